The minimum atomic E-state index is -4.56. The van der Waals surface area contributed by atoms with Gasteiger partial charge in [-0.25, -0.2) is 0 Å². The summed E-state index contributed by atoms with van der Waals surface area (Å²) in [5, 5.41) is 12.1. The van der Waals surface area contributed by atoms with Crippen LogP contribution in [-0.2, 0) is 17.5 Å². The van der Waals surface area contributed by atoms with Crippen molar-refractivity contribution in [3.63, 3.8) is 0 Å². The van der Waals surface area contributed by atoms with Gasteiger partial charge in [-0.15, -0.1) is 0 Å². The third-order valence-electron chi connectivity index (χ3n) is 3.69. The minimum absolute atomic E-state index is 0.114. The molecule has 2 N–H and O–H groups in total. The third-order valence-corrected chi connectivity index (χ3v) is 3.69. The summed E-state index contributed by atoms with van der Waals surface area (Å²) in [5.74, 6) is -0.511. The van der Waals surface area contributed by atoms with Gasteiger partial charge < -0.3 is 15.0 Å². The predicted molar refractivity (Wildman–Crippen MR) is 72.1 cm³/mol. The maximum absolute atomic E-state index is 12.6. The molecule has 5 nitrogen and oxygen atoms in total. The summed E-state index contributed by atoms with van der Waals surface area (Å²) in [6.45, 7) is -0.457. The first kappa shape index (κ1) is 16.5. The minimum Gasteiger partial charge on any atom is -0.393 e. The molecule has 1 heterocycles. The van der Waals surface area contributed by atoms with E-state index in [0.29, 0.717) is 37.9 Å². The number of aliphatic hydroxyl groups is 1. The topological polar surface area (TPSA) is 71.3 Å². The molecule has 0 aromatic carbocycles. The number of nitrogens with zero attached hydrogens (tertiary/aromatic N) is 1. The molecule has 0 unspecified atom stereocenters. The molecule has 2 rings (SSSR count). The van der Waals surface area contributed by atoms with Crippen LogP contribution in [0.1, 0.15) is 31.2 Å². The van der Waals surface area contributed by atoms with E-state index in [1.165, 1.54) is 0 Å². The van der Waals surface area contributed by atoms with Gasteiger partial charge in [0.25, 0.3) is 5.56 Å². The Balaban J connectivity index is 2.01. The summed E-state index contributed by atoms with van der Waals surface area (Å²) in [4.78, 5) is 23.4. The van der Waals surface area contributed by atoms with E-state index in [1.807, 2.05) is 0 Å². The molecule has 0 bridgehead atoms. The van der Waals surface area contributed by atoms with Crippen molar-refractivity contribution in [1.82, 2.24) is 9.88 Å². The first-order valence-corrected chi connectivity index (χ1v) is 7.01. The number of halogens is 3. The zero-order valence-electron chi connectivity index (χ0n) is 11.8. The van der Waals surface area contributed by atoms with Gasteiger partial charge in [-0.1, -0.05) is 0 Å². The van der Waals surface area contributed by atoms with Crippen LogP contribution >= 0.6 is 0 Å². The fourth-order valence-corrected chi connectivity index (χ4v) is 2.47. The fourth-order valence-electron chi connectivity index (χ4n) is 2.47. The number of carbonyl (C=O) groups excluding carboxylic acids is 1. The quantitative estimate of drug-likeness (QED) is 0.882. The van der Waals surface area contributed by atoms with Crippen LogP contribution in [0.25, 0.3) is 0 Å². The summed E-state index contributed by atoms with van der Waals surface area (Å²) in [5.41, 5.74) is -1.64. The summed E-state index contributed by atoms with van der Waals surface area (Å²) in [7, 11) is 0. The summed E-state index contributed by atoms with van der Waals surface area (Å²) < 4.78 is 38.6. The number of alkyl halides is 3. The molecule has 0 aliphatic heterocycles. The predicted octanol–water partition coefficient (Wildman–Crippen LogP) is 1.29. The SMILES string of the molecule is O=C(Cn1cc(C(F)(F)F)ccc1=O)NC1CCC(O)CC1. The number of rotatable bonds is 3. The standard InChI is InChI=1S/C14H17F3N2O3/c15-14(16,17)9-1-6-13(22)19(7-9)8-12(21)18-10-2-4-11(20)5-3-10/h1,6-7,10-11,20H,2-5,8H2,(H,18,21). The number of nitrogens with one attached hydrogen (secondary N) is 1. The number of amides is 1. The second-order valence-electron chi connectivity index (χ2n) is 5.45. The lowest BCUT2D eigenvalue weighted by atomic mass is 9.93. The highest BCUT2D eigenvalue weighted by Gasteiger charge is 2.31. The molecule has 0 atom stereocenters. The first-order chi connectivity index (χ1) is 10.3. The number of pyridine rings is 1. The molecule has 1 amide bonds. The Bertz CT molecular complexity index is 590. The lowest BCUT2D eigenvalue weighted by Gasteiger charge is -2.26. The highest BCUT2D eigenvalue weighted by molar-refractivity contribution is 5.76. The van der Waals surface area contributed by atoms with Gasteiger partial charge in [-0.2, -0.15) is 13.2 Å². The zero-order chi connectivity index (χ0) is 16.3. The van der Waals surface area contributed by atoms with Gasteiger partial charge in [0.2, 0.25) is 5.91 Å². The number of carbonyl (C=O) groups is 1. The van der Waals surface area contributed by atoms with Crippen LogP contribution in [0.15, 0.2) is 23.1 Å². The van der Waals surface area contributed by atoms with Gasteiger partial charge in [0.1, 0.15) is 6.54 Å². The second-order valence-corrected chi connectivity index (χ2v) is 5.45. The largest absolute Gasteiger partial charge is 0.417 e. The van der Waals surface area contributed by atoms with E-state index in [4.69, 9.17) is 0 Å². The van der Waals surface area contributed by atoms with Crippen LogP contribution in [-0.4, -0.2) is 27.7 Å². The molecule has 8 heteroatoms. The molecule has 0 radical (unpaired) electrons. The number of hydrogen-bond donors (Lipinski definition) is 2. The van der Waals surface area contributed by atoms with Gasteiger partial charge >= 0.3 is 6.18 Å². The summed E-state index contributed by atoms with van der Waals surface area (Å²) in [6, 6.07) is 1.38. The van der Waals surface area contributed by atoms with Gasteiger partial charge in [-0.3, -0.25) is 9.59 Å². The first-order valence-electron chi connectivity index (χ1n) is 7.01. The lowest BCUT2D eigenvalue weighted by Crippen LogP contribution is -2.41. The molecular weight excluding hydrogens is 301 g/mol. The van der Waals surface area contributed by atoms with E-state index in [9.17, 15) is 27.9 Å². The molecule has 0 spiro atoms. The van der Waals surface area contributed by atoms with Crippen molar-refractivity contribution in [3.8, 4) is 0 Å². The van der Waals surface area contributed by atoms with E-state index in [0.717, 1.165) is 10.6 Å². The second kappa shape index (κ2) is 6.51. The van der Waals surface area contributed by atoms with Gasteiger partial charge in [0, 0.05) is 18.3 Å². The maximum atomic E-state index is 12.6. The van der Waals surface area contributed by atoms with Crippen molar-refractivity contribution in [1.29, 1.82) is 0 Å². The Hall–Kier alpha value is -1.83. The molecule has 22 heavy (non-hydrogen) atoms. The fraction of sp³-hybridized carbons (Fsp3) is 0.571. The summed E-state index contributed by atoms with van der Waals surface area (Å²) >= 11 is 0. The Morgan fingerprint density at radius 1 is 1.27 bits per heavy atom. The molecule has 1 aliphatic rings. The van der Waals surface area contributed by atoms with Crippen molar-refractivity contribution in [2.24, 2.45) is 0 Å². The molecule has 1 fully saturated rings. The summed E-state index contributed by atoms with van der Waals surface area (Å²) in [6.07, 6.45) is -1.89. The number of aliphatic hydroxyl groups excluding tert-OH is 1. The smallest absolute Gasteiger partial charge is 0.393 e. The van der Waals surface area contributed by atoms with Crippen LogP contribution in [0.2, 0.25) is 0 Å². The van der Waals surface area contributed by atoms with Crippen molar-refractivity contribution < 1.29 is 23.1 Å². The Labute approximate surface area is 124 Å². The molecule has 122 valence electrons. The number of hydrogen-bond acceptors (Lipinski definition) is 3. The van der Waals surface area contributed by atoms with Gasteiger partial charge in [0.15, 0.2) is 0 Å². The van der Waals surface area contributed by atoms with E-state index in [1.54, 1.807) is 0 Å². The molecule has 1 saturated carbocycles. The average molecular weight is 318 g/mol. The highest BCUT2D eigenvalue weighted by Crippen LogP contribution is 2.28. The maximum Gasteiger partial charge on any atom is 0.417 e. The van der Waals surface area contributed by atoms with E-state index in [-0.39, 0.29) is 12.1 Å². The molecule has 1 aromatic heterocycles. The average Bonchev–Trinajstić information content (AvgIpc) is 2.42. The zero-order valence-corrected chi connectivity index (χ0v) is 11.8. The van der Waals surface area contributed by atoms with Crippen molar-refractivity contribution in [3.05, 3.63) is 34.2 Å². The van der Waals surface area contributed by atoms with E-state index < -0.39 is 29.8 Å². The Morgan fingerprint density at radius 2 is 1.91 bits per heavy atom. The normalized spacial score (nSPS) is 22.4. The monoisotopic (exact) mass is 318 g/mol. The molecule has 1 aromatic rings. The van der Waals surface area contributed by atoms with Gasteiger partial charge in [-0.05, 0) is 31.7 Å². The van der Waals surface area contributed by atoms with Crippen LogP contribution in [0.5, 0.6) is 0 Å². The Kier molecular flexibility index (Phi) is 4.90. The van der Waals surface area contributed by atoms with Crippen LogP contribution in [0.4, 0.5) is 13.2 Å². The number of aromatic nitrogens is 1. The van der Waals surface area contributed by atoms with E-state index in [2.05, 4.69) is 5.32 Å². The van der Waals surface area contributed by atoms with E-state index >= 15 is 0 Å². The van der Waals surface area contributed by atoms with Crippen LogP contribution in [0, 0.1) is 0 Å². The molecular formula is C14H17F3N2O3. The van der Waals surface area contributed by atoms with Crippen LogP contribution in [0.3, 0.4) is 0 Å². The Morgan fingerprint density at radius 3 is 2.50 bits per heavy atom. The van der Waals surface area contributed by atoms with Crippen molar-refractivity contribution in [2.75, 3.05) is 0 Å². The highest BCUT2D eigenvalue weighted by atomic mass is 19.4. The van der Waals surface area contributed by atoms with Gasteiger partial charge in [0.05, 0.1) is 11.7 Å². The third kappa shape index (κ3) is 4.33. The van der Waals surface area contributed by atoms with Crippen molar-refractivity contribution >= 4 is 5.91 Å². The van der Waals surface area contributed by atoms with Crippen molar-refractivity contribution in [2.45, 2.75) is 50.6 Å². The van der Waals surface area contributed by atoms with Crippen LogP contribution < -0.4 is 10.9 Å². The lowest BCUT2D eigenvalue weighted by molar-refractivity contribution is -0.138. The molecule has 0 saturated heterocycles. The molecule has 1 aliphatic carbocycles.